The molecule has 0 bridgehead atoms. The lowest BCUT2D eigenvalue weighted by atomic mass is 9.99. The van der Waals surface area contributed by atoms with Crippen molar-refractivity contribution in [1.82, 2.24) is 0 Å². The highest BCUT2D eigenvalue weighted by molar-refractivity contribution is 6.09. The molecule has 1 heteroatoms. The van der Waals surface area contributed by atoms with Gasteiger partial charge in [-0.25, -0.2) is 0 Å². The van der Waals surface area contributed by atoms with Crippen molar-refractivity contribution in [2.24, 2.45) is 0 Å². The molecule has 0 saturated heterocycles. The Balaban J connectivity index is 0.000000471. The van der Waals surface area contributed by atoms with Crippen molar-refractivity contribution in [1.29, 1.82) is 0 Å². The number of hydrogen-bond acceptors (Lipinski definition) is 1. The van der Waals surface area contributed by atoms with Gasteiger partial charge in [-0.15, -0.1) is 0 Å². The van der Waals surface area contributed by atoms with E-state index in [1.165, 1.54) is 5.92 Å². The largest absolute Gasteiger partial charge is 0.289 e. The lowest BCUT2D eigenvalue weighted by Crippen LogP contribution is -2.00. The van der Waals surface area contributed by atoms with E-state index in [1.54, 1.807) is 0 Å². The van der Waals surface area contributed by atoms with Crippen LogP contribution in [0, 0.1) is 5.92 Å². The number of ketones is 1. The van der Waals surface area contributed by atoms with Crippen LogP contribution in [0.2, 0.25) is 0 Å². The van der Waals surface area contributed by atoms with Crippen LogP contribution in [-0.4, -0.2) is 5.78 Å². The monoisotopic (exact) mass is 315 g/mol. The van der Waals surface area contributed by atoms with E-state index in [-0.39, 0.29) is 5.78 Å². The SMILES string of the molecule is C[C](C)C.O=C(c1ccccc1)c1ccc(-c2ccccc2)cc1. The van der Waals surface area contributed by atoms with Crippen molar-refractivity contribution in [3.8, 4) is 11.1 Å². The fourth-order valence-electron chi connectivity index (χ4n) is 2.20. The third-order valence-corrected chi connectivity index (χ3v) is 3.29. The van der Waals surface area contributed by atoms with E-state index in [9.17, 15) is 4.79 Å². The van der Waals surface area contributed by atoms with Crippen molar-refractivity contribution in [3.05, 3.63) is 102 Å². The van der Waals surface area contributed by atoms with Gasteiger partial charge in [0.2, 0.25) is 0 Å². The number of benzene rings is 3. The first kappa shape index (κ1) is 17.7. The molecule has 0 aliphatic heterocycles. The van der Waals surface area contributed by atoms with E-state index in [0.717, 1.165) is 22.3 Å². The van der Waals surface area contributed by atoms with E-state index in [4.69, 9.17) is 0 Å². The van der Waals surface area contributed by atoms with Crippen LogP contribution in [0.1, 0.15) is 36.7 Å². The number of carbonyl (C=O) groups excluding carboxylic acids is 1. The standard InChI is InChI=1S/C19H14O.C4H9/c20-19(17-9-5-2-6-10-17)18-13-11-16(12-14-18)15-7-3-1-4-8-15;1-4(2)3/h1-14H;1-3H3. The van der Waals surface area contributed by atoms with Crippen molar-refractivity contribution < 1.29 is 4.79 Å². The molecular formula is C23H23O. The molecule has 3 aromatic rings. The Labute approximate surface area is 145 Å². The van der Waals surface area contributed by atoms with E-state index in [1.807, 2.05) is 72.8 Å². The molecule has 0 heterocycles. The Morgan fingerprint density at radius 1 is 0.542 bits per heavy atom. The van der Waals surface area contributed by atoms with Gasteiger partial charge in [-0.1, -0.05) is 106 Å². The smallest absolute Gasteiger partial charge is 0.193 e. The van der Waals surface area contributed by atoms with Crippen LogP contribution in [0.5, 0.6) is 0 Å². The van der Waals surface area contributed by atoms with E-state index >= 15 is 0 Å². The highest BCUT2D eigenvalue weighted by Gasteiger charge is 2.08. The lowest BCUT2D eigenvalue weighted by Gasteiger charge is -2.04. The second kappa shape index (κ2) is 8.83. The molecule has 0 aromatic heterocycles. The summed E-state index contributed by atoms with van der Waals surface area (Å²) in [5.41, 5.74) is 3.72. The molecule has 0 aliphatic rings. The van der Waals surface area contributed by atoms with E-state index < -0.39 is 0 Å². The molecule has 1 nitrogen and oxygen atoms in total. The lowest BCUT2D eigenvalue weighted by molar-refractivity contribution is 0.103. The van der Waals surface area contributed by atoms with Gasteiger partial charge in [0.25, 0.3) is 0 Å². The Kier molecular flexibility index (Phi) is 6.51. The maximum absolute atomic E-state index is 12.3. The van der Waals surface area contributed by atoms with Crippen molar-refractivity contribution in [2.45, 2.75) is 20.8 Å². The molecule has 24 heavy (non-hydrogen) atoms. The maximum Gasteiger partial charge on any atom is 0.193 e. The van der Waals surface area contributed by atoms with Crippen LogP contribution >= 0.6 is 0 Å². The van der Waals surface area contributed by atoms with Crippen LogP contribution in [0.3, 0.4) is 0 Å². The molecule has 0 aliphatic carbocycles. The topological polar surface area (TPSA) is 17.1 Å². The molecular weight excluding hydrogens is 292 g/mol. The van der Waals surface area contributed by atoms with Crippen LogP contribution in [0.15, 0.2) is 84.9 Å². The van der Waals surface area contributed by atoms with Gasteiger partial charge in [0.1, 0.15) is 0 Å². The van der Waals surface area contributed by atoms with Crippen LogP contribution in [0.25, 0.3) is 11.1 Å². The summed E-state index contributed by atoms with van der Waals surface area (Å²) in [6, 6.07) is 27.3. The molecule has 121 valence electrons. The van der Waals surface area contributed by atoms with Gasteiger partial charge in [-0.2, -0.15) is 0 Å². The Morgan fingerprint density at radius 2 is 0.917 bits per heavy atom. The maximum atomic E-state index is 12.3. The first-order chi connectivity index (χ1) is 11.6. The highest BCUT2D eigenvalue weighted by atomic mass is 16.1. The Morgan fingerprint density at radius 3 is 1.42 bits per heavy atom. The van der Waals surface area contributed by atoms with Crippen LogP contribution in [-0.2, 0) is 0 Å². The van der Waals surface area contributed by atoms with Crippen LogP contribution < -0.4 is 0 Å². The summed E-state index contributed by atoms with van der Waals surface area (Å²) in [4.78, 5) is 12.3. The molecule has 3 rings (SSSR count). The molecule has 3 aromatic carbocycles. The molecule has 0 N–H and O–H groups in total. The number of rotatable bonds is 3. The quantitative estimate of drug-likeness (QED) is 0.525. The fraction of sp³-hybridized carbons (Fsp3) is 0.130. The molecule has 1 radical (unpaired) electrons. The van der Waals surface area contributed by atoms with Crippen molar-refractivity contribution in [2.75, 3.05) is 0 Å². The van der Waals surface area contributed by atoms with Gasteiger partial charge in [-0.3, -0.25) is 4.79 Å². The minimum Gasteiger partial charge on any atom is -0.289 e. The van der Waals surface area contributed by atoms with Gasteiger partial charge in [0.05, 0.1) is 0 Å². The summed E-state index contributed by atoms with van der Waals surface area (Å²) < 4.78 is 0. The zero-order valence-electron chi connectivity index (χ0n) is 14.5. The summed E-state index contributed by atoms with van der Waals surface area (Å²) in [6.45, 7) is 6.25. The number of carbonyl (C=O) groups is 1. The number of hydrogen-bond donors (Lipinski definition) is 0. The Hall–Kier alpha value is -2.67. The van der Waals surface area contributed by atoms with Crippen molar-refractivity contribution in [3.63, 3.8) is 0 Å². The normalized spacial score (nSPS) is 10.0. The first-order valence-electron chi connectivity index (χ1n) is 8.10. The predicted octanol–water partition coefficient (Wildman–Crippen LogP) is 6.21. The minimum atomic E-state index is 0.0604. The molecule has 0 unspecified atom stereocenters. The summed E-state index contributed by atoms with van der Waals surface area (Å²) in [6.07, 6.45) is 0. The van der Waals surface area contributed by atoms with E-state index in [0.29, 0.717) is 0 Å². The third kappa shape index (κ3) is 5.20. The third-order valence-electron chi connectivity index (χ3n) is 3.29. The van der Waals surface area contributed by atoms with Gasteiger partial charge in [-0.05, 0) is 17.0 Å². The van der Waals surface area contributed by atoms with Gasteiger partial charge in [0, 0.05) is 11.1 Å². The molecule has 0 atom stereocenters. The summed E-state index contributed by atoms with van der Waals surface area (Å²) in [5.74, 6) is 1.48. The predicted molar refractivity (Wildman–Crippen MR) is 102 cm³/mol. The molecule has 0 fully saturated rings. The first-order valence-corrected chi connectivity index (χ1v) is 8.10. The van der Waals surface area contributed by atoms with Crippen LogP contribution in [0.4, 0.5) is 0 Å². The average Bonchev–Trinajstić information content (AvgIpc) is 2.62. The summed E-state index contributed by atoms with van der Waals surface area (Å²) >= 11 is 0. The second-order valence-electron chi connectivity index (χ2n) is 6.14. The fourth-order valence-corrected chi connectivity index (χ4v) is 2.20. The van der Waals surface area contributed by atoms with Gasteiger partial charge in [0.15, 0.2) is 5.78 Å². The molecule has 0 amide bonds. The van der Waals surface area contributed by atoms with E-state index in [2.05, 4.69) is 32.9 Å². The molecule has 0 saturated carbocycles. The van der Waals surface area contributed by atoms with Crippen molar-refractivity contribution >= 4 is 5.78 Å². The highest BCUT2D eigenvalue weighted by Crippen LogP contribution is 2.20. The zero-order chi connectivity index (χ0) is 17.4. The van der Waals surface area contributed by atoms with Gasteiger partial charge >= 0.3 is 0 Å². The second-order valence-corrected chi connectivity index (χ2v) is 6.14. The minimum absolute atomic E-state index is 0.0604. The van der Waals surface area contributed by atoms with Gasteiger partial charge < -0.3 is 0 Å². The molecule has 0 spiro atoms. The summed E-state index contributed by atoms with van der Waals surface area (Å²) in [5, 5.41) is 0. The average molecular weight is 315 g/mol. The Bertz CT molecular complexity index is 738. The summed E-state index contributed by atoms with van der Waals surface area (Å²) in [7, 11) is 0. The zero-order valence-corrected chi connectivity index (χ0v) is 14.5.